The Morgan fingerprint density at radius 1 is 1.00 bits per heavy atom. The summed E-state index contributed by atoms with van der Waals surface area (Å²) < 4.78 is 5.51. The summed E-state index contributed by atoms with van der Waals surface area (Å²) in [4.78, 5) is 4.86. The second kappa shape index (κ2) is 7.40. The van der Waals surface area contributed by atoms with Gasteiger partial charge in [-0.3, -0.25) is 0 Å². The van der Waals surface area contributed by atoms with E-state index in [9.17, 15) is 0 Å². The average Bonchev–Trinajstić information content (AvgIpc) is 2.73. The Balaban J connectivity index is 1.53. The molecule has 1 fully saturated rings. The van der Waals surface area contributed by atoms with Gasteiger partial charge in [0.05, 0.1) is 13.2 Å². The fourth-order valence-electron chi connectivity index (χ4n) is 4.62. The number of anilines is 1. The van der Waals surface area contributed by atoms with E-state index in [2.05, 4.69) is 59.3 Å². The van der Waals surface area contributed by atoms with Crippen molar-refractivity contribution in [1.82, 2.24) is 4.90 Å². The van der Waals surface area contributed by atoms with Crippen LogP contribution in [0.25, 0.3) is 10.8 Å². The van der Waals surface area contributed by atoms with Gasteiger partial charge in [0.15, 0.2) is 0 Å². The molecule has 1 unspecified atom stereocenters. The summed E-state index contributed by atoms with van der Waals surface area (Å²) >= 11 is 6.37. The number of likely N-dealkylation sites (N-methyl/N-ethyl adjacent to an activating group) is 1. The smallest absolute Gasteiger partial charge is 0.0642 e. The molecule has 28 heavy (non-hydrogen) atoms. The summed E-state index contributed by atoms with van der Waals surface area (Å²) in [7, 11) is 2.22. The number of nitrogens with zero attached hydrogens (tertiary/aromatic N) is 2. The second-order valence-corrected chi connectivity index (χ2v) is 8.36. The number of halogens is 1. The zero-order valence-corrected chi connectivity index (χ0v) is 17.0. The Hall–Kier alpha value is -2.07. The minimum absolute atomic E-state index is 0.385. The molecule has 3 nitrogen and oxygen atoms in total. The number of benzene rings is 3. The fourth-order valence-corrected chi connectivity index (χ4v) is 4.86. The Kier molecular flexibility index (Phi) is 4.75. The molecule has 3 aromatic rings. The number of ether oxygens (including phenoxy) is 1. The lowest BCUT2D eigenvalue weighted by molar-refractivity contribution is 0.122. The van der Waals surface area contributed by atoms with Gasteiger partial charge >= 0.3 is 0 Å². The van der Waals surface area contributed by atoms with Crippen LogP contribution >= 0.6 is 11.6 Å². The van der Waals surface area contributed by atoms with Crippen molar-refractivity contribution in [3.05, 3.63) is 76.3 Å². The van der Waals surface area contributed by atoms with Crippen LogP contribution < -0.4 is 4.90 Å². The third-order valence-electron chi connectivity index (χ3n) is 6.07. The second-order valence-electron chi connectivity index (χ2n) is 7.95. The summed E-state index contributed by atoms with van der Waals surface area (Å²) in [6.45, 7) is 5.63. The van der Waals surface area contributed by atoms with E-state index in [0.717, 1.165) is 49.8 Å². The van der Waals surface area contributed by atoms with E-state index in [0.29, 0.717) is 5.92 Å². The molecular weight excluding hydrogens is 368 g/mol. The Morgan fingerprint density at radius 3 is 2.71 bits per heavy atom. The van der Waals surface area contributed by atoms with E-state index in [-0.39, 0.29) is 0 Å². The summed E-state index contributed by atoms with van der Waals surface area (Å²) in [5.74, 6) is 0.385. The summed E-state index contributed by atoms with van der Waals surface area (Å²) in [5, 5.41) is 3.16. The molecule has 144 valence electrons. The average molecular weight is 393 g/mol. The van der Waals surface area contributed by atoms with Crippen molar-refractivity contribution in [2.24, 2.45) is 0 Å². The highest BCUT2D eigenvalue weighted by atomic mass is 35.5. The van der Waals surface area contributed by atoms with Gasteiger partial charge in [0.2, 0.25) is 0 Å². The maximum atomic E-state index is 6.37. The SMILES string of the molecule is CN1Cc2cc(N3CCOCC3)ccc2C(c2ccc3c(Cl)cccc3c2)C1. The molecule has 0 aliphatic carbocycles. The number of hydrogen-bond donors (Lipinski definition) is 0. The molecule has 5 rings (SSSR count). The maximum Gasteiger partial charge on any atom is 0.0642 e. The van der Waals surface area contributed by atoms with E-state index in [1.165, 1.54) is 27.8 Å². The predicted molar refractivity (Wildman–Crippen MR) is 117 cm³/mol. The van der Waals surface area contributed by atoms with Gasteiger partial charge in [-0.25, -0.2) is 0 Å². The highest BCUT2D eigenvalue weighted by Gasteiger charge is 2.26. The number of fused-ring (bicyclic) bond motifs is 2. The molecule has 0 aromatic heterocycles. The molecule has 0 radical (unpaired) electrons. The summed E-state index contributed by atoms with van der Waals surface area (Å²) in [6.07, 6.45) is 0. The van der Waals surface area contributed by atoms with Crippen molar-refractivity contribution >= 4 is 28.1 Å². The van der Waals surface area contributed by atoms with E-state index < -0.39 is 0 Å². The summed E-state index contributed by atoms with van der Waals surface area (Å²) in [6, 6.07) is 19.9. The first-order valence-electron chi connectivity index (χ1n) is 10.0. The molecule has 1 atom stereocenters. The normalized spacial score (nSPS) is 20.4. The molecule has 3 aromatic carbocycles. The van der Waals surface area contributed by atoms with Gasteiger partial charge in [-0.1, -0.05) is 48.0 Å². The lowest BCUT2D eigenvalue weighted by Crippen LogP contribution is -2.36. The van der Waals surface area contributed by atoms with E-state index in [4.69, 9.17) is 16.3 Å². The first-order chi connectivity index (χ1) is 13.7. The number of hydrogen-bond acceptors (Lipinski definition) is 3. The number of morpholine rings is 1. The molecule has 0 bridgehead atoms. The Labute approximate surface area is 171 Å². The van der Waals surface area contributed by atoms with Gasteiger partial charge in [-0.15, -0.1) is 0 Å². The standard InChI is InChI=1S/C24H25ClN2O/c1-26-15-19-14-20(27-9-11-28-12-10-27)6-8-21(19)23(16-26)18-5-7-22-17(13-18)3-2-4-24(22)25/h2-8,13-14,23H,9-12,15-16H2,1H3. The third-order valence-corrected chi connectivity index (χ3v) is 6.40. The molecule has 2 aliphatic heterocycles. The highest BCUT2D eigenvalue weighted by Crippen LogP contribution is 2.37. The molecule has 1 saturated heterocycles. The van der Waals surface area contributed by atoms with E-state index in [1.54, 1.807) is 0 Å². The molecule has 0 N–H and O–H groups in total. The molecule has 0 saturated carbocycles. The van der Waals surface area contributed by atoms with Crippen LogP contribution in [0.5, 0.6) is 0 Å². The van der Waals surface area contributed by atoms with Gasteiger partial charge in [0.25, 0.3) is 0 Å². The van der Waals surface area contributed by atoms with Crippen LogP contribution in [0.3, 0.4) is 0 Å². The largest absolute Gasteiger partial charge is 0.378 e. The van der Waals surface area contributed by atoms with Crippen LogP contribution in [0.15, 0.2) is 54.6 Å². The van der Waals surface area contributed by atoms with Crippen LogP contribution in [-0.4, -0.2) is 44.8 Å². The minimum Gasteiger partial charge on any atom is -0.378 e. The van der Waals surface area contributed by atoms with Gasteiger partial charge in [0.1, 0.15) is 0 Å². The van der Waals surface area contributed by atoms with Crippen molar-refractivity contribution < 1.29 is 4.74 Å². The molecule has 2 heterocycles. The lowest BCUT2D eigenvalue weighted by atomic mass is 9.84. The van der Waals surface area contributed by atoms with Crippen molar-refractivity contribution in [2.75, 3.05) is 44.8 Å². The van der Waals surface area contributed by atoms with Crippen LogP contribution in [0.1, 0.15) is 22.6 Å². The van der Waals surface area contributed by atoms with Crippen LogP contribution in [0.4, 0.5) is 5.69 Å². The van der Waals surface area contributed by atoms with Crippen molar-refractivity contribution in [3.63, 3.8) is 0 Å². The highest BCUT2D eigenvalue weighted by molar-refractivity contribution is 6.35. The Morgan fingerprint density at radius 2 is 1.86 bits per heavy atom. The van der Waals surface area contributed by atoms with Crippen molar-refractivity contribution in [2.45, 2.75) is 12.5 Å². The first kappa shape index (κ1) is 18.0. The quantitative estimate of drug-likeness (QED) is 0.616. The minimum atomic E-state index is 0.385. The van der Waals surface area contributed by atoms with Crippen molar-refractivity contribution in [1.29, 1.82) is 0 Å². The van der Waals surface area contributed by atoms with Gasteiger partial charge in [0, 0.05) is 48.2 Å². The molecular formula is C24H25ClN2O. The Bertz CT molecular complexity index is 1010. The monoisotopic (exact) mass is 392 g/mol. The third kappa shape index (κ3) is 3.28. The predicted octanol–water partition coefficient (Wildman–Crippen LogP) is 4.91. The van der Waals surface area contributed by atoms with Crippen LogP contribution in [0.2, 0.25) is 5.02 Å². The zero-order chi connectivity index (χ0) is 19.1. The first-order valence-corrected chi connectivity index (χ1v) is 10.4. The maximum absolute atomic E-state index is 6.37. The zero-order valence-electron chi connectivity index (χ0n) is 16.2. The molecule has 0 amide bonds. The van der Waals surface area contributed by atoms with Gasteiger partial charge < -0.3 is 14.5 Å². The van der Waals surface area contributed by atoms with Gasteiger partial charge in [-0.05, 0) is 47.3 Å². The lowest BCUT2D eigenvalue weighted by Gasteiger charge is -2.35. The van der Waals surface area contributed by atoms with Crippen LogP contribution in [-0.2, 0) is 11.3 Å². The molecule has 4 heteroatoms. The number of rotatable bonds is 2. The van der Waals surface area contributed by atoms with Crippen molar-refractivity contribution in [3.8, 4) is 0 Å². The topological polar surface area (TPSA) is 15.7 Å². The van der Waals surface area contributed by atoms with E-state index in [1.807, 2.05) is 12.1 Å². The van der Waals surface area contributed by atoms with Crippen LogP contribution in [0, 0.1) is 0 Å². The summed E-state index contributed by atoms with van der Waals surface area (Å²) in [5.41, 5.74) is 5.58. The molecule has 0 spiro atoms. The molecule has 2 aliphatic rings. The van der Waals surface area contributed by atoms with Gasteiger partial charge in [-0.2, -0.15) is 0 Å². The fraction of sp³-hybridized carbons (Fsp3) is 0.333. The van der Waals surface area contributed by atoms with E-state index >= 15 is 0 Å².